The van der Waals surface area contributed by atoms with Gasteiger partial charge in [-0.1, -0.05) is 0 Å². The molecule has 1 saturated heterocycles. The van der Waals surface area contributed by atoms with Crippen LogP contribution in [0.5, 0.6) is 0 Å². The molecule has 1 fully saturated rings. The summed E-state index contributed by atoms with van der Waals surface area (Å²) in [6.07, 6.45) is 4.69. The Morgan fingerprint density at radius 1 is 1.62 bits per heavy atom. The molecule has 0 bridgehead atoms. The van der Waals surface area contributed by atoms with E-state index in [0.717, 1.165) is 43.0 Å². The molecule has 1 unspecified atom stereocenters. The molecule has 1 aliphatic rings. The van der Waals surface area contributed by atoms with Crippen LogP contribution in [0.3, 0.4) is 0 Å². The summed E-state index contributed by atoms with van der Waals surface area (Å²) in [5, 5.41) is 3.39. The van der Waals surface area contributed by atoms with Gasteiger partial charge in [0.15, 0.2) is 5.96 Å². The van der Waals surface area contributed by atoms with E-state index in [4.69, 9.17) is 4.74 Å². The molecule has 0 aliphatic carbocycles. The summed E-state index contributed by atoms with van der Waals surface area (Å²) >= 11 is 3.50. The molecular weight excluding hydrogens is 447 g/mol. The Morgan fingerprint density at radius 2 is 2.38 bits per heavy atom. The van der Waals surface area contributed by atoms with Crippen molar-refractivity contribution in [2.45, 2.75) is 25.5 Å². The second kappa shape index (κ2) is 8.99. The first-order valence-electron chi connectivity index (χ1n) is 6.94. The van der Waals surface area contributed by atoms with Crippen molar-refractivity contribution in [1.29, 1.82) is 0 Å². The van der Waals surface area contributed by atoms with Crippen LogP contribution in [0.2, 0.25) is 0 Å². The smallest absolute Gasteiger partial charge is 0.193 e. The Hall–Kier alpha value is -0.280. The predicted octanol–water partition coefficient (Wildman–Crippen LogP) is 2.59. The number of nitrogens with one attached hydrogen (secondary N) is 1. The molecule has 1 aromatic heterocycles. The van der Waals surface area contributed by atoms with Crippen LogP contribution in [0.4, 0.5) is 0 Å². The molecule has 21 heavy (non-hydrogen) atoms. The molecule has 0 saturated carbocycles. The number of aryl methyl sites for hydroxylation is 1. The Bertz CT molecular complexity index is 472. The van der Waals surface area contributed by atoms with Crippen LogP contribution in [0.1, 0.15) is 18.5 Å². The summed E-state index contributed by atoms with van der Waals surface area (Å²) in [4.78, 5) is 6.46. The number of nitrogens with zero attached hydrogens (tertiary/aromatic N) is 3. The summed E-state index contributed by atoms with van der Waals surface area (Å²) in [6, 6.07) is 2.13. The molecule has 0 radical (unpaired) electrons. The van der Waals surface area contributed by atoms with Gasteiger partial charge in [-0.25, -0.2) is 0 Å². The van der Waals surface area contributed by atoms with Crippen LogP contribution in [-0.2, 0) is 18.3 Å². The van der Waals surface area contributed by atoms with Crippen LogP contribution >= 0.6 is 39.9 Å². The zero-order valence-corrected chi connectivity index (χ0v) is 16.7. The average Bonchev–Trinajstić information content (AvgIpc) is 3.01. The zero-order chi connectivity index (χ0) is 14.5. The predicted molar refractivity (Wildman–Crippen MR) is 100 cm³/mol. The Kier molecular flexibility index (Phi) is 8.04. The van der Waals surface area contributed by atoms with Gasteiger partial charge in [-0.2, -0.15) is 0 Å². The molecule has 0 aromatic carbocycles. The van der Waals surface area contributed by atoms with Gasteiger partial charge in [-0.05, 0) is 34.8 Å². The van der Waals surface area contributed by atoms with Crippen molar-refractivity contribution in [2.24, 2.45) is 12.0 Å². The number of aromatic nitrogens is 1. The Labute approximate surface area is 152 Å². The maximum atomic E-state index is 5.62. The first kappa shape index (κ1) is 18.8. The number of rotatable bonds is 4. The normalized spacial score (nSPS) is 18.5. The zero-order valence-electron chi connectivity index (χ0n) is 12.8. The van der Waals surface area contributed by atoms with Gasteiger partial charge in [0.25, 0.3) is 0 Å². The van der Waals surface area contributed by atoms with Crippen LogP contribution < -0.4 is 5.32 Å². The lowest BCUT2D eigenvalue weighted by atomic mass is 10.2. The number of hydrogen-bond acceptors (Lipinski definition) is 2. The summed E-state index contributed by atoms with van der Waals surface area (Å²) in [7, 11) is 5.91. The highest BCUT2D eigenvalue weighted by molar-refractivity contribution is 14.0. The van der Waals surface area contributed by atoms with Crippen molar-refractivity contribution in [2.75, 3.05) is 27.2 Å². The number of aliphatic imine (C=N–C) groups is 1. The summed E-state index contributed by atoms with van der Waals surface area (Å²) in [5.41, 5.74) is 1.24. The van der Waals surface area contributed by atoms with Crippen LogP contribution in [0.15, 0.2) is 21.7 Å². The van der Waals surface area contributed by atoms with Crippen LogP contribution in [0, 0.1) is 0 Å². The molecule has 0 amide bonds. The number of halogens is 2. The van der Waals surface area contributed by atoms with Crippen LogP contribution in [-0.4, -0.2) is 48.8 Å². The third-order valence-electron chi connectivity index (χ3n) is 3.56. The summed E-state index contributed by atoms with van der Waals surface area (Å²) < 4.78 is 8.84. The fourth-order valence-electron chi connectivity index (χ4n) is 2.44. The van der Waals surface area contributed by atoms with Gasteiger partial charge in [0.1, 0.15) is 0 Å². The fraction of sp³-hybridized carbons (Fsp3) is 0.643. The highest BCUT2D eigenvalue weighted by atomic mass is 127. The minimum absolute atomic E-state index is 0. The van der Waals surface area contributed by atoms with Gasteiger partial charge in [-0.15, -0.1) is 24.0 Å². The fourth-order valence-corrected chi connectivity index (χ4v) is 3.01. The van der Waals surface area contributed by atoms with Gasteiger partial charge in [0.05, 0.1) is 12.6 Å². The van der Waals surface area contributed by atoms with E-state index < -0.39 is 0 Å². The largest absolute Gasteiger partial charge is 0.376 e. The molecule has 1 aliphatic heterocycles. The van der Waals surface area contributed by atoms with Crippen molar-refractivity contribution >= 4 is 45.9 Å². The highest BCUT2D eigenvalue weighted by Gasteiger charge is 2.17. The standard InChI is InChI=1S/C14H23BrN4O.HI/c1-16-14(17-8-13-5-4-6-20-13)19(3)10-12-7-11(15)9-18(12)2;/h7,9,13H,4-6,8,10H2,1-3H3,(H,16,17);1H. The quantitative estimate of drug-likeness (QED) is 0.417. The van der Waals surface area contributed by atoms with Crippen molar-refractivity contribution in [3.05, 3.63) is 22.4 Å². The molecule has 2 heterocycles. The van der Waals surface area contributed by atoms with Crippen molar-refractivity contribution in [3.8, 4) is 0 Å². The van der Waals surface area contributed by atoms with Gasteiger partial charge in [0, 0.05) is 50.7 Å². The average molecular weight is 471 g/mol. The first-order valence-corrected chi connectivity index (χ1v) is 7.73. The van der Waals surface area contributed by atoms with E-state index in [2.05, 4.69) is 55.0 Å². The summed E-state index contributed by atoms with van der Waals surface area (Å²) in [5.74, 6) is 0.901. The lowest BCUT2D eigenvalue weighted by Gasteiger charge is -2.23. The van der Waals surface area contributed by atoms with Crippen LogP contribution in [0.25, 0.3) is 0 Å². The van der Waals surface area contributed by atoms with E-state index in [1.165, 1.54) is 5.69 Å². The molecule has 1 N–H and O–H groups in total. The lowest BCUT2D eigenvalue weighted by molar-refractivity contribution is 0.113. The van der Waals surface area contributed by atoms with Crippen molar-refractivity contribution in [1.82, 2.24) is 14.8 Å². The Balaban J connectivity index is 0.00000220. The Morgan fingerprint density at radius 3 is 2.90 bits per heavy atom. The monoisotopic (exact) mass is 470 g/mol. The molecular formula is C14H24BrIN4O. The second-order valence-electron chi connectivity index (χ2n) is 5.18. The minimum atomic E-state index is 0. The summed E-state index contributed by atoms with van der Waals surface area (Å²) in [6.45, 7) is 2.53. The maximum absolute atomic E-state index is 5.62. The van der Waals surface area contributed by atoms with Gasteiger partial charge >= 0.3 is 0 Å². The van der Waals surface area contributed by atoms with E-state index in [1.54, 1.807) is 0 Å². The molecule has 2 rings (SSSR count). The van der Waals surface area contributed by atoms with Gasteiger partial charge < -0.3 is 19.5 Å². The van der Waals surface area contributed by atoms with Gasteiger partial charge in [0.2, 0.25) is 0 Å². The van der Waals surface area contributed by atoms with E-state index in [-0.39, 0.29) is 24.0 Å². The second-order valence-corrected chi connectivity index (χ2v) is 6.10. The third-order valence-corrected chi connectivity index (χ3v) is 3.99. The molecule has 0 spiro atoms. The van der Waals surface area contributed by atoms with E-state index in [1.807, 2.05) is 14.1 Å². The number of hydrogen-bond donors (Lipinski definition) is 1. The maximum Gasteiger partial charge on any atom is 0.193 e. The van der Waals surface area contributed by atoms with E-state index in [0.29, 0.717) is 6.10 Å². The SMILES string of the molecule is CN=C(NCC1CCCO1)N(C)Cc1cc(Br)cn1C.I. The molecule has 5 nitrogen and oxygen atoms in total. The van der Waals surface area contributed by atoms with E-state index in [9.17, 15) is 0 Å². The molecule has 120 valence electrons. The molecule has 1 aromatic rings. The molecule has 1 atom stereocenters. The number of guanidine groups is 1. The topological polar surface area (TPSA) is 41.8 Å². The first-order chi connectivity index (χ1) is 9.60. The van der Waals surface area contributed by atoms with Gasteiger partial charge in [-0.3, -0.25) is 4.99 Å². The van der Waals surface area contributed by atoms with Crippen molar-refractivity contribution in [3.63, 3.8) is 0 Å². The molecule has 7 heteroatoms. The number of ether oxygens (including phenoxy) is 1. The third kappa shape index (κ3) is 5.45. The highest BCUT2D eigenvalue weighted by Crippen LogP contribution is 2.15. The minimum Gasteiger partial charge on any atom is -0.376 e. The van der Waals surface area contributed by atoms with E-state index >= 15 is 0 Å². The lowest BCUT2D eigenvalue weighted by Crippen LogP contribution is -2.42. The van der Waals surface area contributed by atoms with Crippen molar-refractivity contribution < 1.29 is 4.74 Å².